The van der Waals surface area contributed by atoms with Crippen LogP contribution in [0, 0.1) is 12.8 Å². The maximum absolute atomic E-state index is 12.2. The molecule has 1 amide bonds. The van der Waals surface area contributed by atoms with Crippen LogP contribution < -0.4 is 5.32 Å². The molecule has 122 valence electrons. The van der Waals surface area contributed by atoms with E-state index < -0.39 is 0 Å². The number of rotatable bonds is 5. The highest BCUT2D eigenvalue weighted by atomic mass is 35.5. The number of amides is 1. The van der Waals surface area contributed by atoms with Gasteiger partial charge in [0.25, 0.3) is 0 Å². The average molecular weight is 334 g/mol. The standard InChI is InChI=1S/C16H20ClN5O/c1-10-13(16(17)21(3)20-10)6-7-15(23)19-14-8-9-18-22(14)11(2)12-4-5-12/h6-9,11-12H,4-5H2,1-3H3,(H,19,23)/b7-6+. The molecule has 1 unspecified atom stereocenters. The van der Waals surface area contributed by atoms with Gasteiger partial charge in [-0.05, 0) is 38.7 Å². The Morgan fingerprint density at radius 2 is 2.26 bits per heavy atom. The number of nitrogens with one attached hydrogen (secondary N) is 1. The monoisotopic (exact) mass is 333 g/mol. The van der Waals surface area contributed by atoms with Crippen molar-refractivity contribution in [1.29, 1.82) is 0 Å². The minimum absolute atomic E-state index is 0.214. The lowest BCUT2D eigenvalue weighted by Crippen LogP contribution is -2.16. The number of hydrogen-bond acceptors (Lipinski definition) is 3. The lowest BCUT2D eigenvalue weighted by Gasteiger charge is -2.14. The van der Waals surface area contributed by atoms with Gasteiger partial charge in [-0.15, -0.1) is 0 Å². The van der Waals surface area contributed by atoms with Gasteiger partial charge in [-0.1, -0.05) is 11.6 Å². The first-order chi connectivity index (χ1) is 11.0. The molecule has 3 rings (SSSR count). The summed E-state index contributed by atoms with van der Waals surface area (Å²) in [5.74, 6) is 1.17. The van der Waals surface area contributed by atoms with Crippen LogP contribution in [0.15, 0.2) is 18.3 Å². The van der Waals surface area contributed by atoms with Gasteiger partial charge in [-0.25, -0.2) is 4.68 Å². The van der Waals surface area contributed by atoms with E-state index in [2.05, 4.69) is 22.4 Å². The van der Waals surface area contributed by atoms with E-state index in [-0.39, 0.29) is 5.91 Å². The molecule has 0 aromatic carbocycles. The van der Waals surface area contributed by atoms with E-state index in [4.69, 9.17) is 11.6 Å². The normalized spacial score (nSPS) is 16.0. The maximum Gasteiger partial charge on any atom is 0.249 e. The minimum atomic E-state index is -0.214. The Morgan fingerprint density at radius 3 is 2.87 bits per heavy atom. The summed E-state index contributed by atoms with van der Waals surface area (Å²) < 4.78 is 3.46. The summed E-state index contributed by atoms with van der Waals surface area (Å²) in [5, 5.41) is 11.9. The highest BCUT2D eigenvalue weighted by Crippen LogP contribution is 2.40. The molecule has 2 aromatic rings. The molecule has 7 heteroatoms. The van der Waals surface area contributed by atoms with Crippen molar-refractivity contribution in [3.8, 4) is 0 Å². The first-order valence-corrected chi connectivity index (χ1v) is 8.07. The highest BCUT2D eigenvalue weighted by Gasteiger charge is 2.30. The molecule has 0 bridgehead atoms. The van der Waals surface area contributed by atoms with E-state index in [1.54, 1.807) is 24.0 Å². The number of aryl methyl sites for hydroxylation is 2. The third kappa shape index (κ3) is 3.32. The molecule has 1 N–H and O–H groups in total. The van der Waals surface area contributed by atoms with E-state index in [1.165, 1.54) is 18.9 Å². The van der Waals surface area contributed by atoms with E-state index in [1.807, 2.05) is 17.7 Å². The molecule has 2 heterocycles. The third-order valence-corrected chi connectivity index (χ3v) is 4.66. The van der Waals surface area contributed by atoms with Crippen molar-refractivity contribution < 1.29 is 4.79 Å². The smallest absolute Gasteiger partial charge is 0.249 e. The van der Waals surface area contributed by atoms with Crippen molar-refractivity contribution >= 4 is 29.4 Å². The molecule has 0 radical (unpaired) electrons. The number of halogens is 1. The van der Waals surface area contributed by atoms with Crippen molar-refractivity contribution in [1.82, 2.24) is 19.6 Å². The van der Waals surface area contributed by atoms with Gasteiger partial charge in [0.2, 0.25) is 5.91 Å². The summed E-state index contributed by atoms with van der Waals surface area (Å²) in [7, 11) is 1.77. The third-order valence-electron chi connectivity index (χ3n) is 4.21. The molecule has 0 saturated heterocycles. The van der Waals surface area contributed by atoms with Crippen LogP contribution in [0.2, 0.25) is 5.15 Å². The number of carbonyl (C=O) groups is 1. The predicted molar refractivity (Wildman–Crippen MR) is 90.3 cm³/mol. The van der Waals surface area contributed by atoms with Crippen LogP contribution in [0.4, 0.5) is 5.82 Å². The summed E-state index contributed by atoms with van der Waals surface area (Å²) in [5.41, 5.74) is 1.54. The number of hydrogen-bond donors (Lipinski definition) is 1. The fraction of sp³-hybridized carbons (Fsp3) is 0.438. The molecule has 23 heavy (non-hydrogen) atoms. The van der Waals surface area contributed by atoms with E-state index in [0.717, 1.165) is 11.3 Å². The van der Waals surface area contributed by atoms with Crippen molar-refractivity contribution in [3.05, 3.63) is 34.7 Å². The molecular formula is C16H20ClN5O. The number of anilines is 1. The molecule has 2 aromatic heterocycles. The summed E-state index contributed by atoms with van der Waals surface area (Å²) in [6, 6.07) is 2.12. The Bertz CT molecular complexity index is 757. The lowest BCUT2D eigenvalue weighted by atomic mass is 10.2. The Morgan fingerprint density at radius 1 is 1.52 bits per heavy atom. The zero-order chi connectivity index (χ0) is 16.6. The van der Waals surface area contributed by atoms with Crippen LogP contribution in [0.5, 0.6) is 0 Å². The molecule has 1 atom stereocenters. The number of aromatic nitrogens is 4. The van der Waals surface area contributed by atoms with Crippen LogP contribution in [0.3, 0.4) is 0 Å². The van der Waals surface area contributed by atoms with Gasteiger partial charge in [0.05, 0.1) is 17.9 Å². The molecule has 1 saturated carbocycles. The Hall–Kier alpha value is -2.08. The minimum Gasteiger partial charge on any atom is -0.307 e. The van der Waals surface area contributed by atoms with Gasteiger partial charge in [0, 0.05) is 24.8 Å². The molecule has 6 nitrogen and oxygen atoms in total. The van der Waals surface area contributed by atoms with Crippen LogP contribution in [0.25, 0.3) is 6.08 Å². The van der Waals surface area contributed by atoms with E-state index in [9.17, 15) is 4.79 Å². The second-order valence-corrected chi connectivity index (χ2v) is 6.33. The first-order valence-electron chi connectivity index (χ1n) is 7.69. The first kappa shape index (κ1) is 15.8. The topological polar surface area (TPSA) is 64.7 Å². The second kappa shape index (κ2) is 6.20. The summed E-state index contributed by atoms with van der Waals surface area (Å²) in [6.45, 7) is 3.99. The number of nitrogens with zero attached hydrogens (tertiary/aromatic N) is 4. The van der Waals surface area contributed by atoms with Crippen molar-refractivity contribution in [2.45, 2.75) is 32.7 Å². The average Bonchev–Trinajstić information content (AvgIpc) is 3.21. The van der Waals surface area contributed by atoms with Crippen LogP contribution in [-0.2, 0) is 11.8 Å². The van der Waals surface area contributed by atoms with Crippen molar-refractivity contribution in [2.24, 2.45) is 13.0 Å². The highest BCUT2D eigenvalue weighted by molar-refractivity contribution is 6.31. The van der Waals surface area contributed by atoms with Crippen LogP contribution in [0.1, 0.15) is 37.1 Å². The molecule has 0 spiro atoms. The van der Waals surface area contributed by atoms with Crippen LogP contribution >= 0.6 is 11.6 Å². The largest absolute Gasteiger partial charge is 0.307 e. The maximum atomic E-state index is 12.2. The molecule has 1 fully saturated rings. The lowest BCUT2D eigenvalue weighted by molar-refractivity contribution is -0.111. The Balaban J connectivity index is 1.70. The van der Waals surface area contributed by atoms with Crippen molar-refractivity contribution in [2.75, 3.05) is 5.32 Å². The zero-order valence-corrected chi connectivity index (χ0v) is 14.2. The fourth-order valence-electron chi connectivity index (χ4n) is 2.68. The summed E-state index contributed by atoms with van der Waals surface area (Å²) >= 11 is 6.15. The predicted octanol–water partition coefficient (Wildman–Crippen LogP) is 3.20. The van der Waals surface area contributed by atoms with Crippen molar-refractivity contribution in [3.63, 3.8) is 0 Å². The van der Waals surface area contributed by atoms with Gasteiger partial charge >= 0.3 is 0 Å². The molecule has 0 aliphatic heterocycles. The molecular weight excluding hydrogens is 314 g/mol. The summed E-state index contributed by atoms with van der Waals surface area (Å²) in [6.07, 6.45) is 7.32. The van der Waals surface area contributed by atoms with Gasteiger partial charge in [-0.2, -0.15) is 10.2 Å². The second-order valence-electron chi connectivity index (χ2n) is 5.98. The van der Waals surface area contributed by atoms with Crippen LogP contribution in [-0.4, -0.2) is 25.5 Å². The SMILES string of the molecule is Cc1nn(C)c(Cl)c1/C=C/C(=O)Nc1ccnn1C(C)C1CC1. The molecule has 1 aliphatic rings. The van der Waals surface area contributed by atoms with Gasteiger partial charge in [0.1, 0.15) is 11.0 Å². The van der Waals surface area contributed by atoms with E-state index >= 15 is 0 Å². The Labute approximate surface area is 140 Å². The fourth-order valence-corrected chi connectivity index (χ4v) is 2.92. The van der Waals surface area contributed by atoms with Gasteiger partial charge in [0.15, 0.2) is 0 Å². The molecule has 1 aliphatic carbocycles. The van der Waals surface area contributed by atoms with E-state index in [0.29, 0.717) is 22.9 Å². The Kier molecular flexibility index (Phi) is 4.26. The van der Waals surface area contributed by atoms with Gasteiger partial charge < -0.3 is 5.32 Å². The summed E-state index contributed by atoms with van der Waals surface area (Å²) in [4.78, 5) is 12.2. The zero-order valence-electron chi connectivity index (χ0n) is 13.5. The van der Waals surface area contributed by atoms with Gasteiger partial charge in [-0.3, -0.25) is 9.48 Å². The number of carbonyl (C=O) groups excluding carboxylic acids is 1. The quantitative estimate of drug-likeness (QED) is 0.854.